The summed E-state index contributed by atoms with van der Waals surface area (Å²) in [7, 11) is 1.84. The van der Waals surface area contributed by atoms with Crippen molar-refractivity contribution in [3.63, 3.8) is 0 Å². The van der Waals surface area contributed by atoms with Crippen molar-refractivity contribution in [3.8, 4) is 5.69 Å². The highest BCUT2D eigenvalue weighted by molar-refractivity contribution is 6.28. The molecule has 0 amide bonds. The maximum Gasteiger partial charge on any atom is 0.309 e. The average molecular weight is 235 g/mol. The SMILES string of the molecule is CNc1cn[n+](-c2ccc(C)cc2)c(Cl)c1. The van der Waals surface area contributed by atoms with E-state index in [1.54, 1.807) is 10.9 Å². The van der Waals surface area contributed by atoms with E-state index in [9.17, 15) is 0 Å². The fourth-order valence-electron chi connectivity index (χ4n) is 1.41. The van der Waals surface area contributed by atoms with Crippen molar-refractivity contribution < 1.29 is 4.68 Å². The minimum Gasteiger partial charge on any atom is -0.386 e. The van der Waals surface area contributed by atoms with Gasteiger partial charge in [-0.1, -0.05) is 17.7 Å². The first-order valence-corrected chi connectivity index (χ1v) is 5.41. The molecule has 0 aliphatic heterocycles. The Morgan fingerprint density at radius 2 is 1.94 bits per heavy atom. The number of aryl methyl sites for hydroxylation is 1. The molecule has 0 unspecified atom stereocenters. The second-order valence-electron chi connectivity index (χ2n) is 3.56. The number of hydrogen-bond donors (Lipinski definition) is 1. The molecule has 0 bridgehead atoms. The first kappa shape index (κ1) is 10.9. The van der Waals surface area contributed by atoms with Crippen molar-refractivity contribution in [1.82, 2.24) is 5.10 Å². The van der Waals surface area contributed by atoms with E-state index < -0.39 is 0 Å². The molecular weight excluding hydrogens is 222 g/mol. The standard InChI is InChI=1S/C12H12ClN3/c1-9-3-5-11(6-4-9)16-12(13)7-10(14-2)8-15-16/h3-8H,1-2H3/p+1. The van der Waals surface area contributed by atoms with Gasteiger partial charge in [0.25, 0.3) is 0 Å². The summed E-state index contributed by atoms with van der Waals surface area (Å²) in [5.74, 6) is 0. The van der Waals surface area contributed by atoms with Crippen LogP contribution in [0.15, 0.2) is 36.5 Å². The fourth-order valence-corrected chi connectivity index (χ4v) is 1.67. The Hall–Kier alpha value is -1.61. The van der Waals surface area contributed by atoms with Crippen molar-refractivity contribution in [3.05, 3.63) is 47.2 Å². The number of hydrogen-bond acceptors (Lipinski definition) is 2. The fraction of sp³-hybridized carbons (Fsp3) is 0.167. The third-order valence-electron chi connectivity index (χ3n) is 2.36. The quantitative estimate of drug-likeness (QED) is 0.809. The highest BCUT2D eigenvalue weighted by atomic mass is 35.5. The van der Waals surface area contributed by atoms with E-state index in [1.807, 2.05) is 44.3 Å². The van der Waals surface area contributed by atoms with Crippen LogP contribution in [0.2, 0.25) is 5.15 Å². The van der Waals surface area contributed by atoms with Gasteiger partial charge in [0, 0.05) is 24.3 Å². The molecule has 1 heterocycles. The van der Waals surface area contributed by atoms with Crippen LogP contribution in [0, 0.1) is 6.92 Å². The Bertz CT molecular complexity index is 494. The Morgan fingerprint density at radius 3 is 2.50 bits per heavy atom. The number of nitrogens with one attached hydrogen (secondary N) is 1. The Labute approximate surface area is 99.7 Å². The smallest absolute Gasteiger partial charge is 0.309 e. The van der Waals surface area contributed by atoms with Crippen LogP contribution in [-0.4, -0.2) is 12.1 Å². The van der Waals surface area contributed by atoms with Gasteiger partial charge >= 0.3 is 5.15 Å². The van der Waals surface area contributed by atoms with Gasteiger partial charge in [0.15, 0.2) is 0 Å². The molecule has 2 aromatic rings. The summed E-state index contributed by atoms with van der Waals surface area (Å²) in [5.41, 5.74) is 3.07. The minimum atomic E-state index is 0.579. The maximum absolute atomic E-state index is 6.14. The second-order valence-corrected chi connectivity index (χ2v) is 3.95. The summed E-state index contributed by atoms with van der Waals surface area (Å²) in [6, 6.07) is 9.90. The van der Waals surface area contributed by atoms with Crippen LogP contribution in [0.4, 0.5) is 5.69 Å². The van der Waals surface area contributed by atoms with Crippen LogP contribution < -0.4 is 10.00 Å². The van der Waals surface area contributed by atoms with Crippen LogP contribution in [0.25, 0.3) is 5.69 Å². The molecule has 0 saturated heterocycles. The van der Waals surface area contributed by atoms with E-state index in [0.29, 0.717) is 5.15 Å². The molecule has 1 aromatic carbocycles. The molecule has 0 atom stereocenters. The van der Waals surface area contributed by atoms with E-state index in [1.165, 1.54) is 5.56 Å². The van der Waals surface area contributed by atoms with Crippen LogP contribution >= 0.6 is 11.6 Å². The first-order valence-electron chi connectivity index (χ1n) is 5.03. The number of halogens is 1. The van der Waals surface area contributed by atoms with E-state index in [2.05, 4.69) is 10.4 Å². The van der Waals surface area contributed by atoms with Crippen LogP contribution in [0.5, 0.6) is 0 Å². The van der Waals surface area contributed by atoms with E-state index in [0.717, 1.165) is 11.4 Å². The average Bonchev–Trinajstić information content (AvgIpc) is 2.30. The lowest BCUT2D eigenvalue weighted by Crippen LogP contribution is -2.36. The lowest BCUT2D eigenvalue weighted by atomic mass is 10.2. The molecule has 4 heteroatoms. The van der Waals surface area contributed by atoms with Crippen LogP contribution in [0.1, 0.15) is 5.56 Å². The second kappa shape index (κ2) is 4.49. The highest BCUT2D eigenvalue weighted by Gasteiger charge is 2.14. The molecule has 2 rings (SSSR count). The van der Waals surface area contributed by atoms with Crippen LogP contribution in [0.3, 0.4) is 0 Å². The van der Waals surface area contributed by atoms with Crippen molar-refractivity contribution >= 4 is 17.3 Å². The number of rotatable bonds is 2. The third-order valence-corrected chi connectivity index (χ3v) is 2.63. The molecule has 1 N–H and O–H groups in total. The molecule has 0 fully saturated rings. The van der Waals surface area contributed by atoms with Gasteiger partial charge in [0.2, 0.25) is 5.69 Å². The first-order chi connectivity index (χ1) is 7.70. The van der Waals surface area contributed by atoms with Gasteiger partial charge in [0.1, 0.15) is 6.20 Å². The maximum atomic E-state index is 6.14. The lowest BCUT2D eigenvalue weighted by molar-refractivity contribution is -0.657. The number of aromatic nitrogens is 2. The normalized spacial score (nSPS) is 10.2. The molecule has 0 radical (unpaired) electrons. The number of anilines is 1. The molecule has 0 saturated carbocycles. The molecule has 3 nitrogen and oxygen atoms in total. The zero-order valence-corrected chi connectivity index (χ0v) is 9.99. The largest absolute Gasteiger partial charge is 0.386 e. The highest BCUT2D eigenvalue weighted by Crippen LogP contribution is 2.11. The van der Waals surface area contributed by atoms with Gasteiger partial charge in [-0.3, -0.25) is 0 Å². The molecule has 82 valence electrons. The van der Waals surface area contributed by atoms with Gasteiger partial charge in [-0.05, 0) is 23.2 Å². The predicted molar refractivity (Wildman–Crippen MR) is 65.1 cm³/mol. The zero-order chi connectivity index (χ0) is 11.5. The predicted octanol–water partition coefficient (Wildman–Crippen LogP) is 2.36. The van der Waals surface area contributed by atoms with Gasteiger partial charge in [-0.15, -0.1) is 0 Å². The monoisotopic (exact) mass is 234 g/mol. The molecule has 0 spiro atoms. The topological polar surface area (TPSA) is 28.8 Å². The molecular formula is C12H13ClN3+. The van der Waals surface area contributed by atoms with Crippen molar-refractivity contribution in [2.75, 3.05) is 12.4 Å². The summed E-state index contributed by atoms with van der Waals surface area (Å²) in [6.07, 6.45) is 1.74. The molecule has 1 aromatic heterocycles. The summed E-state index contributed by atoms with van der Waals surface area (Å²) in [4.78, 5) is 0. The molecule has 0 aliphatic rings. The Morgan fingerprint density at radius 1 is 1.25 bits per heavy atom. The molecule has 16 heavy (non-hydrogen) atoms. The minimum absolute atomic E-state index is 0.579. The molecule has 0 aliphatic carbocycles. The summed E-state index contributed by atoms with van der Waals surface area (Å²) in [6.45, 7) is 2.05. The Balaban J connectivity index is 2.44. The summed E-state index contributed by atoms with van der Waals surface area (Å²) in [5, 5.41) is 7.85. The number of nitrogens with zero attached hydrogens (tertiary/aromatic N) is 2. The van der Waals surface area contributed by atoms with Gasteiger partial charge < -0.3 is 5.32 Å². The van der Waals surface area contributed by atoms with E-state index in [4.69, 9.17) is 11.6 Å². The van der Waals surface area contributed by atoms with Crippen molar-refractivity contribution in [2.24, 2.45) is 0 Å². The summed E-state index contributed by atoms with van der Waals surface area (Å²) < 4.78 is 1.70. The third kappa shape index (κ3) is 2.14. The number of benzene rings is 1. The van der Waals surface area contributed by atoms with Crippen LogP contribution in [-0.2, 0) is 0 Å². The van der Waals surface area contributed by atoms with Crippen molar-refractivity contribution in [2.45, 2.75) is 6.92 Å². The van der Waals surface area contributed by atoms with Gasteiger partial charge in [-0.2, -0.15) is 0 Å². The summed E-state index contributed by atoms with van der Waals surface area (Å²) >= 11 is 6.14. The van der Waals surface area contributed by atoms with E-state index >= 15 is 0 Å². The lowest BCUT2D eigenvalue weighted by Gasteiger charge is -1.99. The van der Waals surface area contributed by atoms with Gasteiger partial charge in [-0.25, -0.2) is 0 Å². The zero-order valence-electron chi connectivity index (χ0n) is 9.24. The van der Waals surface area contributed by atoms with Gasteiger partial charge in [0.05, 0.1) is 11.8 Å². The van der Waals surface area contributed by atoms with E-state index in [-0.39, 0.29) is 0 Å². The Kier molecular flexibility index (Phi) is 3.06. The van der Waals surface area contributed by atoms with Crippen molar-refractivity contribution in [1.29, 1.82) is 0 Å².